The number of piperidine rings is 2. The Kier molecular flexibility index (Phi) is 14.2. The lowest BCUT2D eigenvalue weighted by molar-refractivity contribution is -0.00213. The molecule has 4 saturated heterocycles. The highest BCUT2D eigenvalue weighted by atomic mass is 35.5. The van der Waals surface area contributed by atoms with Crippen LogP contribution in [0, 0.1) is 0 Å². The summed E-state index contributed by atoms with van der Waals surface area (Å²) >= 11 is 13.6. The van der Waals surface area contributed by atoms with Gasteiger partial charge in [-0.1, -0.05) is 35.3 Å². The van der Waals surface area contributed by atoms with Gasteiger partial charge in [0, 0.05) is 78.5 Å². The molecule has 12 rings (SSSR count). The van der Waals surface area contributed by atoms with Crippen LogP contribution in [0.5, 0.6) is 23.0 Å². The fourth-order valence-corrected chi connectivity index (χ4v) is 12.5. The van der Waals surface area contributed by atoms with E-state index in [1.165, 1.54) is 0 Å². The summed E-state index contributed by atoms with van der Waals surface area (Å²) < 4.78 is 37.9. The van der Waals surface area contributed by atoms with Gasteiger partial charge in [0.05, 0.1) is 93.1 Å². The number of benzene rings is 2. The van der Waals surface area contributed by atoms with E-state index in [-0.39, 0.29) is 54.2 Å². The molecule has 8 N–H and O–H groups in total. The molecule has 0 aliphatic carbocycles. The first-order valence-electron chi connectivity index (χ1n) is 26.4. The van der Waals surface area contributed by atoms with Crippen LogP contribution in [0.25, 0.3) is 22.5 Å². The minimum Gasteiger partial charge on any atom is -0.493 e. The number of aromatic nitrogens is 4. The number of para-hydroxylation sites is 2. The third kappa shape index (κ3) is 9.57. The lowest BCUT2D eigenvalue weighted by Gasteiger charge is -2.40. The maximum absolute atomic E-state index is 14.1. The molecule has 5 atom stereocenters. The summed E-state index contributed by atoms with van der Waals surface area (Å²) in [6.07, 6.45) is 13.4. The molecule has 20 heteroatoms. The number of rotatable bonds is 16. The summed E-state index contributed by atoms with van der Waals surface area (Å²) in [7, 11) is 1.57. The molecule has 6 aromatic rings. The Morgan fingerprint density at radius 1 is 0.645 bits per heavy atom. The van der Waals surface area contributed by atoms with Gasteiger partial charge < -0.3 is 70.3 Å². The van der Waals surface area contributed by atoms with Gasteiger partial charge in [-0.15, -0.1) is 0 Å². The molecule has 0 saturated carbocycles. The average molecular weight is 1070 g/mol. The second kappa shape index (κ2) is 21.5. The maximum atomic E-state index is 14.1. The lowest BCUT2D eigenvalue weighted by atomic mass is 9.74. The molecule has 4 fully saturated rings. The smallest absolute Gasteiger partial charge is 0.255 e. The van der Waals surface area contributed by atoms with E-state index in [4.69, 9.17) is 51.6 Å². The first-order chi connectivity index (χ1) is 37.2. The topological polar surface area (TPSA) is 219 Å². The number of nitrogens with one attached hydrogen (secondary N) is 8. The fourth-order valence-electron chi connectivity index (χ4n) is 12.0. The van der Waals surface area contributed by atoms with Crippen LogP contribution < -0.4 is 50.8 Å². The summed E-state index contributed by atoms with van der Waals surface area (Å²) in [6.45, 7) is 5.84. The Balaban J connectivity index is 0.785. The van der Waals surface area contributed by atoms with Crippen LogP contribution in [-0.4, -0.2) is 123 Å². The van der Waals surface area contributed by atoms with Crippen molar-refractivity contribution in [2.24, 2.45) is 0 Å². The van der Waals surface area contributed by atoms with Gasteiger partial charge in [0.1, 0.15) is 31.3 Å². The number of pyridine rings is 2. The molecule has 0 radical (unpaired) electrons. The first-order valence-corrected chi connectivity index (χ1v) is 27.2. The molecule has 2 amide bonds. The van der Waals surface area contributed by atoms with E-state index in [0.29, 0.717) is 118 Å². The number of fused-ring (bicyclic) bond motifs is 4. The molecule has 2 unspecified atom stereocenters. The number of aromatic amines is 2. The number of hydrogen-bond donors (Lipinski definition) is 8. The quantitative estimate of drug-likeness (QED) is 0.0456. The normalized spacial score (nSPS) is 23.9. The van der Waals surface area contributed by atoms with Crippen LogP contribution in [0.15, 0.2) is 73.3 Å². The molecular weight excluding hydrogens is 1010 g/mol. The number of hydrogen-bond acceptors (Lipinski definition) is 14. The highest BCUT2D eigenvalue weighted by Crippen LogP contribution is 2.49. The van der Waals surface area contributed by atoms with E-state index in [0.717, 1.165) is 87.2 Å². The monoisotopic (exact) mass is 1070 g/mol. The third-order valence-electron chi connectivity index (χ3n) is 15.9. The van der Waals surface area contributed by atoms with Crippen molar-refractivity contribution in [2.75, 3.05) is 83.4 Å². The molecular formula is C56H62Cl2N10O8. The van der Waals surface area contributed by atoms with E-state index >= 15 is 0 Å². The number of anilines is 4. The van der Waals surface area contributed by atoms with Crippen molar-refractivity contribution in [3.8, 4) is 45.5 Å². The van der Waals surface area contributed by atoms with E-state index in [1.54, 1.807) is 44.0 Å². The van der Waals surface area contributed by atoms with Crippen LogP contribution in [0.4, 0.5) is 22.7 Å². The van der Waals surface area contributed by atoms with Crippen LogP contribution in [0.2, 0.25) is 10.0 Å². The lowest BCUT2D eigenvalue weighted by Crippen LogP contribution is -2.54. The zero-order valence-corrected chi connectivity index (χ0v) is 43.8. The number of carbonyl (C=O) groups excluding carboxylic acids is 2. The highest BCUT2D eigenvalue weighted by molar-refractivity contribution is 6.33. The molecule has 6 aliphatic heterocycles. The molecule has 18 nitrogen and oxygen atoms in total. The Morgan fingerprint density at radius 2 is 1.17 bits per heavy atom. The van der Waals surface area contributed by atoms with E-state index in [9.17, 15) is 9.59 Å². The van der Waals surface area contributed by atoms with Gasteiger partial charge in [-0.25, -0.2) is 0 Å². The zero-order chi connectivity index (χ0) is 51.8. The number of methoxy groups -OCH3 is 1. The van der Waals surface area contributed by atoms with Crippen molar-refractivity contribution in [3.05, 3.63) is 106 Å². The number of halogens is 2. The summed E-state index contributed by atoms with van der Waals surface area (Å²) in [6, 6.07) is 14.8. The first kappa shape index (κ1) is 50.3. The minimum atomic E-state index is -0.337. The van der Waals surface area contributed by atoms with Crippen molar-refractivity contribution in [1.29, 1.82) is 0 Å². The van der Waals surface area contributed by atoms with Crippen LogP contribution in [0.1, 0.15) is 83.5 Å². The average Bonchev–Trinajstić information content (AvgIpc) is 4.29. The number of nitrogens with zero attached hydrogens (tertiary/aromatic N) is 2. The largest absolute Gasteiger partial charge is 0.493 e. The van der Waals surface area contributed by atoms with Crippen LogP contribution in [-0.2, 0) is 20.3 Å². The highest BCUT2D eigenvalue weighted by Gasteiger charge is 2.46. The maximum Gasteiger partial charge on any atom is 0.255 e. The third-order valence-corrected chi connectivity index (χ3v) is 16.5. The number of ether oxygens (including phenoxy) is 6. The second-order valence-corrected chi connectivity index (χ2v) is 21.5. The fraction of sp³-hybridized carbons (Fsp3) is 0.429. The number of amides is 2. The van der Waals surface area contributed by atoms with Gasteiger partial charge >= 0.3 is 0 Å². The van der Waals surface area contributed by atoms with E-state index < -0.39 is 0 Å². The molecule has 398 valence electrons. The van der Waals surface area contributed by atoms with Gasteiger partial charge in [-0.3, -0.25) is 19.6 Å². The Morgan fingerprint density at radius 3 is 1.68 bits per heavy atom. The summed E-state index contributed by atoms with van der Waals surface area (Å²) in [5.74, 6) is 1.63. The Bertz CT molecular complexity index is 3130. The van der Waals surface area contributed by atoms with Gasteiger partial charge in [0.25, 0.3) is 11.8 Å². The van der Waals surface area contributed by atoms with E-state index in [2.05, 4.69) is 51.8 Å². The molecule has 10 heterocycles. The standard InChI is InChI=1S/C56H62Cl2N10O8/c1-71-49-37(57)8-2-10-39(49)65-47-43-51(55(30-63-53(43)69)16-5-18-61-28-55)67-45(47)36-15-21-60-24-42(36)74-26-33-12-13-34(76-33)27-75-50-38(58)9-3-11-40(50)66-48-44-52(56(31-64-54(44)70)17-6-19-62-29-56)68-46(48)35-14-20-59-23-41(35)73-25-32-7-4-22-72-32/h2-3,8-11,14-15,20-21,23-24,32-34,61-62,65-68H,4-7,12-13,16-19,22,25-31H2,1H3,(H,63,69)(H,64,70)/t32?,33-,34?,55-,56+/m1/s1. The number of carbonyl (C=O) groups is 2. The summed E-state index contributed by atoms with van der Waals surface area (Å²) in [4.78, 5) is 44.4. The van der Waals surface area contributed by atoms with Gasteiger partial charge in [-0.2, -0.15) is 0 Å². The molecule has 6 aliphatic rings. The summed E-state index contributed by atoms with van der Waals surface area (Å²) in [5, 5.41) is 21.6. The number of H-pyrrole nitrogens is 2. The van der Waals surface area contributed by atoms with Crippen LogP contribution >= 0.6 is 23.2 Å². The predicted octanol–water partition coefficient (Wildman–Crippen LogP) is 8.56. The van der Waals surface area contributed by atoms with Crippen molar-refractivity contribution >= 4 is 57.8 Å². The van der Waals surface area contributed by atoms with Crippen molar-refractivity contribution in [1.82, 2.24) is 41.2 Å². The molecule has 76 heavy (non-hydrogen) atoms. The second-order valence-electron chi connectivity index (χ2n) is 20.7. The molecule has 2 aromatic carbocycles. The van der Waals surface area contributed by atoms with Crippen molar-refractivity contribution < 1.29 is 38.0 Å². The Hall–Kier alpha value is -6.54. The SMILES string of the molecule is COc1c(Cl)cccc1Nc1c(-c2ccncc2OC[C@H]2CCC(COc3c(Cl)cccc3Nc3c(-c4ccncc4OCC4CCCO4)[nH]c4c3C(=O)NC[C@@]43CCCNC3)O2)[nH]c2c1C(=O)NC[C@]21CCCNC1. The van der Waals surface area contributed by atoms with Gasteiger partial charge in [0.15, 0.2) is 11.5 Å². The Labute approximate surface area is 450 Å². The minimum absolute atomic E-state index is 0.000234. The predicted molar refractivity (Wildman–Crippen MR) is 290 cm³/mol. The van der Waals surface area contributed by atoms with Crippen LogP contribution in [0.3, 0.4) is 0 Å². The van der Waals surface area contributed by atoms with Crippen molar-refractivity contribution in [2.45, 2.75) is 80.5 Å². The zero-order valence-electron chi connectivity index (χ0n) is 42.3. The summed E-state index contributed by atoms with van der Waals surface area (Å²) in [5.41, 5.74) is 7.35. The van der Waals surface area contributed by atoms with E-state index in [1.807, 2.05) is 36.4 Å². The molecule has 4 aromatic heterocycles. The van der Waals surface area contributed by atoms with Gasteiger partial charge in [0.2, 0.25) is 0 Å². The van der Waals surface area contributed by atoms with Crippen molar-refractivity contribution in [3.63, 3.8) is 0 Å². The molecule has 2 spiro atoms. The molecule has 0 bridgehead atoms. The van der Waals surface area contributed by atoms with Gasteiger partial charge in [-0.05, 0) is 101 Å².